The van der Waals surface area contributed by atoms with Crippen LogP contribution >= 0.6 is 11.6 Å². The van der Waals surface area contributed by atoms with E-state index in [1.807, 2.05) is 42.6 Å². The van der Waals surface area contributed by atoms with Crippen molar-refractivity contribution < 1.29 is 19.1 Å². The molecule has 1 fully saturated rings. The number of carbonyl (C=O) groups excluding carboxylic acids is 2. The van der Waals surface area contributed by atoms with Crippen molar-refractivity contribution in [3.63, 3.8) is 0 Å². The third kappa shape index (κ3) is 3.57. The van der Waals surface area contributed by atoms with Gasteiger partial charge in [0.25, 0.3) is 0 Å². The first kappa shape index (κ1) is 20.4. The average Bonchev–Trinajstić information content (AvgIpc) is 3.36. The molecular formula is C23H23ClN2O4. The Labute approximate surface area is 179 Å². The molecule has 3 atom stereocenters. The molecule has 156 valence electrons. The van der Waals surface area contributed by atoms with Crippen molar-refractivity contribution in [2.24, 2.45) is 5.92 Å². The molecule has 30 heavy (non-hydrogen) atoms. The van der Waals surface area contributed by atoms with Crippen LogP contribution in [0.15, 0.2) is 54.7 Å². The smallest absolute Gasteiger partial charge is 0.326 e. The molecular weight excluding hydrogens is 404 g/mol. The first-order chi connectivity index (χ1) is 14.5. The van der Waals surface area contributed by atoms with Crippen LogP contribution in [0.1, 0.15) is 23.6 Å². The number of ether oxygens (including phenoxy) is 2. The zero-order chi connectivity index (χ0) is 21.3. The van der Waals surface area contributed by atoms with Crippen molar-refractivity contribution >= 4 is 34.4 Å². The molecule has 2 N–H and O–H groups in total. The number of aromatic amines is 1. The van der Waals surface area contributed by atoms with Crippen LogP contribution in [0.3, 0.4) is 0 Å². The number of esters is 2. The highest BCUT2D eigenvalue weighted by Gasteiger charge is 2.54. The number of fused-ring (bicyclic) bond motifs is 1. The second-order valence-corrected chi connectivity index (χ2v) is 8.05. The van der Waals surface area contributed by atoms with Crippen molar-refractivity contribution in [1.82, 2.24) is 10.3 Å². The van der Waals surface area contributed by atoms with E-state index < -0.39 is 23.5 Å². The fraction of sp³-hybridized carbons (Fsp3) is 0.304. The summed E-state index contributed by atoms with van der Waals surface area (Å²) in [6.45, 7) is 0. The van der Waals surface area contributed by atoms with Crippen LogP contribution in [0.4, 0.5) is 0 Å². The minimum atomic E-state index is -1.07. The van der Waals surface area contributed by atoms with Crippen LogP contribution in [-0.4, -0.2) is 36.7 Å². The van der Waals surface area contributed by atoms with E-state index >= 15 is 0 Å². The standard InChI is InChI=1S/C23H23ClN2O4/c1-29-21(27)18-12-23(22(28)30-2,26-20(18)14-7-9-16(24)10-8-14)11-15-13-25-19-6-4-3-5-17(15)19/h3-10,13,18,20,25-26H,11-12H2,1-2H3/t18-,20-,23-/m0/s1. The average molecular weight is 427 g/mol. The first-order valence-corrected chi connectivity index (χ1v) is 10.1. The molecule has 4 rings (SSSR count). The van der Waals surface area contributed by atoms with Crippen LogP contribution in [0.2, 0.25) is 5.02 Å². The predicted molar refractivity (Wildman–Crippen MR) is 114 cm³/mol. The number of halogens is 1. The number of para-hydroxylation sites is 1. The van der Waals surface area contributed by atoms with Gasteiger partial charge in [-0.1, -0.05) is 41.9 Å². The van der Waals surface area contributed by atoms with Crippen LogP contribution < -0.4 is 5.32 Å². The van der Waals surface area contributed by atoms with Crippen molar-refractivity contribution in [3.8, 4) is 0 Å². The fourth-order valence-electron chi connectivity index (χ4n) is 4.44. The molecule has 0 aliphatic carbocycles. The van der Waals surface area contributed by atoms with Crippen LogP contribution in [0.25, 0.3) is 10.9 Å². The van der Waals surface area contributed by atoms with Gasteiger partial charge in [-0.3, -0.25) is 14.9 Å². The summed E-state index contributed by atoms with van der Waals surface area (Å²) in [5, 5.41) is 5.06. The van der Waals surface area contributed by atoms with Crippen LogP contribution in [0, 0.1) is 5.92 Å². The molecule has 0 bridgehead atoms. The number of carbonyl (C=O) groups is 2. The lowest BCUT2D eigenvalue weighted by Gasteiger charge is -2.27. The molecule has 0 unspecified atom stereocenters. The van der Waals surface area contributed by atoms with Crippen molar-refractivity contribution in [1.29, 1.82) is 0 Å². The molecule has 0 saturated carbocycles. The Morgan fingerprint density at radius 1 is 1.10 bits per heavy atom. The highest BCUT2D eigenvalue weighted by atomic mass is 35.5. The van der Waals surface area contributed by atoms with Gasteiger partial charge in [0.1, 0.15) is 5.54 Å². The molecule has 0 amide bonds. The number of rotatable bonds is 5. The van der Waals surface area contributed by atoms with E-state index in [1.165, 1.54) is 14.2 Å². The summed E-state index contributed by atoms with van der Waals surface area (Å²) in [6.07, 6.45) is 2.54. The third-order valence-corrected chi connectivity index (χ3v) is 6.13. The predicted octanol–water partition coefficient (Wildman–Crippen LogP) is 3.80. The topological polar surface area (TPSA) is 80.4 Å². The normalized spacial score (nSPS) is 23.4. The lowest BCUT2D eigenvalue weighted by atomic mass is 9.85. The molecule has 7 heteroatoms. The third-order valence-electron chi connectivity index (χ3n) is 5.88. The highest BCUT2D eigenvalue weighted by molar-refractivity contribution is 6.30. The molecule has 2 aromatic carbocycles. The molecule has 1 aromatic heterocycles. The lowest BCUT2D eigenvalue weighted by molar-refractivity contribution is -0.148. The Hall–Kier alpha value is -2.83. The Kier molecular flexibility index (Phi) is 5.54. The maximum atomic E-state index is 13.0. The van der Waals surface area contributed by atoms with Crippen LogP contribution in [0.5, 0.6) is 0 Å². The number of H-pyrrole nitrogens is 1. The zero-order valence-electron chi connectivity index (χ0n) is 16.8. The van der Waals surface area contributed by atoms with E-state index in [9.17, 15) is 9.59 Å². The van der Waals surface area contributed by atoms with Gasteiger partial charge in [0, 0.05) is 34.6 Å². The second kappa shape index (κ2) is 8.13. The maximum absolute atomic E-state index is 13.0. The largest absolute Gasteiger partial charge is 0.469 e. The summed E-state index contributed by atoms with van der Waals surface area (Å²) in [5.41, 5.74) is 1.76. The summed E-state index contributed by atoms with van der Waals surface area (Å²) in [5.74, 6) is -1.31. The summed E-state index contributed by atoms with van der Waals surface area (Å²) >= 11 is 6.03. The minimum absolute atomic E-state index is 0.263. The van der Waals surface area contributed by atoms with Gasteiger partial charge in [0.2, 0.25) is 0 Å². The Morgan fingerprint density at radius 3 is 2.53 bits per heavy atom. The molecule has 0 radical (unpaired) electrons. The van der Waals surface area contributed by atoms with Gasteiger partial charge in [-0.2, -0.15) is 0 Å². The van der Waals surface area contributed by atoms with E-state index in [2.05, 4.69) is 10.3 Å². The number of methoxy groups -OCH3 is 2. The number of aromatic nitrogens is 1. The van der Waals surface area contributed by atoms with E-state index in [-0.39, 0.29) is 12.4 Å². The minimum Gasteiger partial charge on any atom is -0.469 e. The van der Waals surface area contributed by atoms with Gasteiger partial charge in [0.05, 0.1) is 20.1 Å². The van der Waals surface area contributed by atoms with E-state index in [1.54, 1.807) is 12.1 Å². The Bertz CT molecular complexity index is 1080. The number of hydrogen-bond acceptors (Lipinski definition) is 5. The van der Waals surface area contributed by atoms with E-state index in [0.717, 1.165) is 22.0 Å². The monoisotopic (exact) mass is 426 g/mol. The van der Waals surface area contributed by atoms with Gasteiger partial charge in [-0.05, 0) is 35.7 Å². The van der Waals surface area contributed by atoms with Crippen molar-refractivity contribution in [2.75, 3.05) is 14.2 Å². The number of nitrogens with one attached hydrogen (secondary N) is 2. The molecule has 2 heterocycles. The first-order valence-electron chi connectivity index (χ1n) is 9.72. The van der Waals surface area contributed by atoms with Crippen molar-refractivity contribution in [3.05, 3.63) is 70.9 Å². The summed E-state index contributed by atoms with van der Waals surface area (Å²) < 4.78 is 10.2. The molecule has 6 nitrogen and oxygen atoms in total. The van der Waals surface area contributed by atoms with Gasteiger partial charge in [-0.25, -0.2) is 0 Å². The Morgan fingerprint density at radius 2 is 1.83 bits per heavy atom. The van der Waals surface area contributed by atoms with Crippen molar-refractivity contribution in [2.45, 2.75) is 24.4 Å². The number of benzene rings is 2. The summed E-state index contributed by atoms with van der Waals surface area (Å²) in [6, 6.07) is 14.8. The number of hydrogen-bond donors (Lipinski definition) is 2. The van der Waals surface area contributed by atoms with E-state index in [4.69, 9.17) is 21.1 Å². The van der Waals surface area contributed by atoms with E-state index in [0.29, 0.717) is 11.4 Å². The van der Waals surface area contributed by atoms with Gasteiger partial charge in [0.15, 0.2) is 0 Å². The van der Waals surface area contributed by atoms with Gasteiger partial charge in [-0.15, -0.1) is 0 Å². The second-order valence-electron chi connectivity index (χ2n) is 7.62. The zero-order valence-corrected chi connectivity index (χ0v) is 17.5. The maximum Gasteiger partial charge on any atom is 0.326 e. The summed E-state index contributed by atoms with van der Waals surface area (Å²) in [4.78, 5) is 28.9. The van der Waals surface area contributed by atoms with Gasteiger partial charge < -0.3 is 14.5 Å². The molecule has 1 saturated heterocycles. The van der Waals surface area contributed by atoms with Gasteiger partial charge >= 0.3 is 11.9 Å². The fourth-order valence-corrected chi connectivity index (χ4v) is 4.57. The molecule has 3 aromatic rings. The molecule has 1 aliphatic rings. The Balaban J connectivity index is 1.75. The highest BCUT2D eigenvalue weighted by Crippen LogP contribution is 2.42. The lowest BCUT2D eigenvalue weighted by Crippen LogP contribution is -2.50. The van der Waals surface area contributed by atoms with Crippen LogP contribution in [-0.2, 0) is 25.5 Å². The SMILES string of the molecule is COC(=O)[C@H]1C[C@@](Cc2c[nH]c3ccccc23)(C(=O)OC)N[C@H]1c1ccc(Cl)cc1. The quantitative estimate of drug-likeness (QED) is 0.606. The summed E-state index contributed by atoms with van der Waals surface area (Å²) in [7, 11) is 2.73. The molecule has 1 aliphatic heterocycles. The molecule has 0 spiro atoms.